The molecule has 1 aliphatic heterocycles. The van der Waals surface area contributed by atoms with E-state index in [9.17, 15) is 24.8 Å². The second kappa shape index (κ2) is 13.0. The first-order chi connectivity index (χ1) is 20.3. The normalized spacial score (nSPS) is 24.3. The molecule has 2 aromatic heterocycles. The van der Waals surface area contributed by atoms with Gasteiger partial charge in [0.15, 0.2) is 5.82 Å². The van der Waals surface area contributed by atoms with Gasteiger partial charge in [0.2, 0.25) is 5.60 Å². The third-order valence-electron chi connectivity index (χ3n) is 7.55. The Labute approximate surface area is 249 Å². The van der Waals surface area contributed by atoms with Crippen LogP contribution in [-0.4, -0.2) is 68.3 Å². The molecule has 43 heavy (non-hydrogen) atoms. The molecule has 0 spiro atoms. The molecule has 3 heterocycles. The van der Waals surface area contributed by atoms with E-state index >= 15 is 0 Å². The molecule has 1 unspecified atom stereocenters. The number of nitrogens with two attached hydrogens (primary N) is 1. The average molecular weight is 617 g/mol. The van der Waals surface area contributed by atoms with Gasteiger partial charge in [0.05, 0.1) is 18.9 Å². The van der Waals surface area contributed by atoms with Crippen LogP contribution in [0.4, 0.5) is 5.82 Å². The van der Waals surface area contributed by atoms with E-state index in [0.717, 1.165) is 6.42 Å². The number of hydrogen-bond acceptors (Lipinski definition) is 12. The Morgan fingerprint density at radius 1 is 1.30 bits per heavy atom. The fourth-order valence-corrected chi connectivity index (χ4v) is 5.95. The number of nitriles is 1. The Kier molecular flexibility index (Phi) is 9.76. The Morgan fingerprint density at radius 2 is 2.02 bits per heavy atom. The van der Waals surface area contributed by atoms with Crippen LogP contribution < -0.4 is 15.3 Å². The van der Waals surface area contributed by atoms with Gasteiger partial charge in [-0.3, -0.25) is 9.32 Å². The topological polar surface area (TPSA) is 204 Å². The lowest BCUT2D eigenvalue weighted by Gasteiger charge is -2.26. The number of esters is 1. The van der Waals surface area contributed by atoms with Crippen LogP contribution in [0.1, 0.15) is 46.2 Å². The van der Waals surface area contributed by atoms with Crippen molar-refractivity contribution in [2.24, 2.45) is 5.41 Å². The zero-order valence-corrected chi connectivity index (χ0v) is 25.3. The Morgan fingerprint density at radius 3 is 2.70 bits per heavy atom. The van der Waals surface area contributed by atoms with Crippen LogP contribution in [0, 0.1) is 16.7 Å². The number of nitrogen functional groups attached to an aromatic ring is 1. The maximum Gasteiger partial charge on any atom is 0.459 e. The van der Waals surface area contributed by atoms with Crippen molar-refractivity contribution in [3.63, 3.8) is 0 Å². The summed E-state index contributed by atoms with van der Waals surface area (Å²) in [6, 6.07) is 12.0. The van der Waals surface area contributed by atoms with Crippen LogP contribution in [0.25, 0.3) is 5.52 Å². The maximum absolute atomic E-state index is 13.9. The molecule has 4 rings (SSSR count). The summed E-state index contributed by atoms with van der Waals surface area (Å²) in [7, 11) is -4.33. The number of anilines is 1. The summed E-state index contributed by atoms with van der Waals surface area (Å²) in [6.07, 6.45) is -2.00. The maximum atomic E-state index is 13.9. The molecule has 1 aromatic carbocycles. The van der Waals surface area contributed by atoms with Crippen molar-refractivity contribution in [1.29, 1.82) is 5.26 Å². The Balaban J connectivity index is 1.51. The van der Waals surface area contributed by atoms with Gasteiger partial charge in [0.25, 0.3) is 0 Å². The SMILES string of the molecule is CCC(C)(C)CCOC(=O)[C@H](C)NP(=O)(OC[C@H]1O[C@@](C#N)(c2ccc3c(N)ncnn23)[C@H](O)[C@@H]1O)Oc1ccccc1. The summed E-state index contributed by atoms with van der Waals surface area (Å²) in [5, 5.41) is 38.7. The standard InChI is InChI=1S/C28H37N6O8P/c1-5-27(3,4)13-14-39-26(37)18(2)33-43(38,42-19-9-7-6-8-10-19)40-15-21-23(35)24(36)28(16-29,41-21)22-12-11-20-25(30)31-17-32-34(20)22/h6-12,17-18,21,23-24,35-36H,5,13-15H2,1-4H3,(H,33,38)(H2,30,31,32)/t18-,21+,23+,24+,28-,43?/m0/s1. The van der Waals surface area contributed by atoms with Gasteiger partial charge in [-0.15, -0.1) is 0 Å². The van der Waals surface area contributed by atoms with Gasteiger partial charge in [-0.25, -0.2) is 14.1 Å². The van der Waals surface area contributed by atoms with Crippen molar-refractivity contribution in [3.05, 3.63) is 54.5 Å². The van der Waals surface area contributed by atoms with Crippen molar-refractivity contribution in [2.75, 3.05) is 18.9 Å². The number of ether oxygens (including phenoxy) is 2. The second-order valence-corrected chi connectivity index (χ2v) is 12.8. The third-order valence-corrected chi connectivity index (χ3v) is 9.19. The van der Waals surface area contributed by atoms with Crippen LogP contribution in [0.3, 0.4) is 0 Å². The van der Waals surface area contributed by atoms with Crippen LogP contribution in [0.5, 0.6) is 5.75 Å². The molecule has 1 aliphatic rings. The molecule has 5 N–H and O–H groups in total. The zero-order chi connectivity index (χ0) is 31.4. The van der Waals surface area contributed by atoms with Gasteiger partial charge in [0.1, 0.15) is 48.0 Å². The average Bonchev–Trinajstić information content (AvgIpc) is 3.52. The number of carbonyl (C=O) groups is 1. The summed E-state index contributed by atoms with van der Waals surface area (Å²) in [6.45, 7) is 7.23. The number of carbonyl (C=O) groups excluding carboxylic acids is 1. The molecule has 1 saturated heterocycles. The first-order valence-corrected chi connectivity index (χ1v) is 15.4. The highest BCUT2D eigenvalue weighted by molar-refractivity contribution is 7.52. The molecule has 3 aromatic rings. The quantitative estimate of drug-likeness (QED) is 0.161. The molecular formula is C28H37N6O8P. The van der Waals surface area contributed by atoms with Crippen molar-refractivity contribution >= 4 is 25.1 Å². The van der Waals surface area contributed by atoms with Crippen molar-refractivity contribution < 1.29 is 38.1 Å². The minimum Gasteiger partial charge on any atom is -0.465 e. The summed E-state index contributed by atoms with van der Waals surface area (Å²) >= 11 is 0. The number of aromatic nitrogens is 3. The van der Waals surface area contributed by atoms with Gasteiger partial charge < -0.3 is 29.9 Å². The van der Waals surface area contributed by atoms with E-state index in [1.165, 1.54) is 23.8 Å². The number of nitrogens with one attached hydrogen (secondary N) is 1. The molecule has 0 radical (unpaired) electrons. The Bertz CT molecular complexity index is 1510. The van der Waals surface area contributed by atoms with Gasteiger partial charge in [-0.1, -0.05) is 45.4 Å². The lowest BCUT2D eigenvalue weighted by Crippen LogP contribution is -2.41. The highest BCUT2D eigenvalue weighted by Gasteiger charge is 2.58. The molecule has 232 valence electrons. The number of nitrogens with zero attached hydrogens (tertiary/aromatic N) is 4. The van der Waals surface area contributed by atoms with Gasteiger partial charge in [0, 0.05) is 0 Å². The highest BCUT2D eigenvalue weighted by Crippen LogP contribution is 2.47. The first kappa shape index (κ1) is 32.3. The summed E-state index contributed by atoms with van der Waals surface area (Å²) in [5.41, 5.74) is 4.27. The molecule has 0 bridgehead atoms. The van der Waals surface area contributed by atoms with E-state index in [0.29, 0.717) is 11.9 Å². The molecule has 0 saturated carbocycles. The van der Waals surface area contributed by atoms with Gasteiger partial charge in [-0.05, 0) is 43.0 Å². The van der Waals surface area contributed by atoms with Gasteiger partial charge >= 0.3 is 13.7 Å². The first-order valence-electron chi connectivity index (χ1n) is 13.8. The van der Waals surface area contributed by atoms with Crippen LogP contribution in [0.2, 0.25) is 0 Å². The molecule has 0 aliphatic carbocycles. The predicted octanol–water partition coefficient (Wildman–Crippen LogP) is 2.70. The van der Waals surface area contributed by atoms with E-state index in [1.54, 1.807) is 36.4 Å². The molecule has 1 fully saturated rings. The second-order valence-electron chi connectivity index (χ2n) is 11.1. The summed E-state index contributed by atoms with van der Waals surface area (Å²) in [5.74, 6) is -0.348. The number of benzene rings is 1. The van der Waals surface area contributed by atoms with Crippen LogP contribution in [0.15, 0.2) is 48.8 Å². The monoisotopic (exact) mass is 616 g/mol. The molecule has 0 amide bonds. The minimum absolute atomic E-state index is 0.0101. The van der Waals surface area contributed by atoms with E-state index in [4.69, 9.17) is 24.3 Å². The molecule has 6 atom stereocenters. The molecule has 15 heteroatoms. The number of aliphatic hydroxyl groups excluding tert-OH is 2. The van der Waals surface area contributed by atoms with Crippen LogP contribution >= 0.6 is 7.75 Å². The number of para-hydroxylation sites is 1. The van der Waals surface area contributed by atoms with Crippen molar-refractivity contribution in [2.45, 2.75) is 70.5 Å². The van der Waals surface area contributed by atoms with Gasteiger partial charge in [-0.2, -0.15) is 15.4 Å². The number of hydrogen-bond donors (Lipinski definition) is 4. The highest BCUT2D eigenvalue weighted by atomic mass is 31.2. The Hall–Kier alpha value is -3.57. The summed E-state index contributed by atoms with van der Waals surface area (Å²) < 4.78 is 37.8. The van der Waals surface area contributed by atoms with E-state index in [-0.39, 0.29) is 29.3 Å². The number of fused-ring (bicyclic) bond motifs is 1. The largest absolute Gasteiger partial charge is 0.465 e. The number of aliphatic hydroxyl groups is 2. The number of rotatable bonds is 13. The predicted molar refractivity (Wildman–Crippen MR) is 154 cm³/mol. The third kappa shape index (κ3) is 6.99. The van der Waals surface area contributed by atoms with Crippen LogP contribution in [-0.2, 0) is 29.0 Å². The lowest BCUT2D eigenvalue weighted by molar-refractivity contribution is -0.146. The molecular weight excluding hydrogens is 579 g/mol. The fourth-order valence-electron chi connectivity index (χ4n) is 4.45. The van der Waals surface area contributed by atoms with Crippen molar-refractivity contribution in [3.8, 4) is 11.8 Å². The fraction of sp³-hybridized carbons (Fsp3) is 0.500. The summed E-state index contributed by atoms with van der Waals surface area (Å²) in [4.78, 5) is 16.6. The van der Waals surface area contributed by atoms with E-state index < -0.39 is 50.3 Å². The van der Waals surface area contributed by atoms with Crippen molar-refractivity contribution in [1.82, 2.24) is 19.7 Å². The molecule has 14 nitrogen and oxygen atoms in total. The lowest BCUT2D eigenvalue weighted by atomic mass is 9.87. The van der Waals surface area contributed by atoms with E-state index in [1.807, 2.05) is 6.07 Å². The smallest absolute Gasteiger partial charge is 0.459 e. The zero-order valence-electron chi connectivity index (χ0n) is 24.4. The van der Waals surface area contributed by atoms with E-state index in [2.05, 4.69) is 35.9 Å². The minimum atomic E-state index is -4.33.